The van der Waals surface area contributed by atoms with Crippen molar-refractivity contribution < 1.29 is 0 Å². The summed E-state index contributed by atoms with van der Waals surface area (Å²) in [5, 5.41) is 0. The van der Waals surface area contributed by atoms with Gasteiger partial charge in [0.2, 0.25) is 0 Å². The zero-order valence-corrected chi connectivity index (χ0v) is 13.8. The number of benzene rings is 1. The van der Waals surface area contributed by atoms with Gasteiger partial charge in [0.05, 0.1) is 0 Å². The molecule has 0 aromatic heterocycles. The summed E-state index contributed by atoms with van der Waals surface area (Å²) in [5.74, 6) is 0.891. The van der Waals surface area contributed by atoms with E-state index >= 15 is 0 Å². The van der Waals surface area contributed by atoms with E-state index in [0.29, 0.717) is 6.04 Å². The van der Waals surface area contributed by atoms with Crippen LogP contribution in [0, 0.1) is 5.92 Å². The molecule has 1 aliphatic carbocycles. The van der Waals surface area contributed by atoms with Crippen molar-refractivity contribution in [3.8, 4) is 0 Å². The molecule has 1 aromatic carbocycles. The lowest BCUT2D eigenvalue weighted by atomic mass is 9.86. The molecule has 0 saturated heterocycles. The highest BCUT2D eigenvalue weighted by atomic mass is 79.9. The fraction of sp³-hybridized carbons (Fsp3) is 0.625. The molecule has 1 aromatic rings. The van der Waals surface area contributed by atoms with Crippen LogP contribution in [0.4, 0.5) is 5.69 Å². The number of nitrogens with two attached hydrogens (primary N) is 1. The monoisotopic (exact) mass is 324 g/mol. The summed E-state index contributed by atoms with van der Waals surface area (Å²) in [5.41, 5.74) is 8.65. The Balaban J connectivity index is 2.21. The van der Waals surface area contributed by atoms with Crippen LogP contribution in [0.25, 0.3) is 0 Å². The van der Waals surface area contributed by atoms with E-state index in [1.165, 1.54) is 36.9 Å². The standard InChI is InChI=1S/C16H25BrN2/c1-11-4-7-14(8-5-11)19(3)16-9-6-13(17)10-15(16)12(2)18/h6,9-12,14H,4-5,7-8,18H2,1-3H3. The van der Waals surface area contributed by atoms with Crippen molar-refractivity contribution in [3.63, 3.8) is 0 Å². The zero-order chi connectivity index (χ0) is 14.0. The third kappa shape index (κ3) is 3.51. The largest absolute Gasteiger partial charge is 0.371 e. The van der Waals surface area contributed by atoms with Gasteiger partial charge in [-0.05, 0) is 62.3 Å². The normalized spacial score (nSPS) is 25.1. The number of rotatable bonds is 3. The minimum absolute atomic E-state index is 0.0671. The molecule has 0 heterocycles. The molecular weight excluding hydrogens is 300 g/mol. The van der Waals surface area contributed by atoms with E-state index in [-0.39, 0.29) is 6.04 Å². The average Bonchev–Trinajstić information content (AvgIpc) is 2.38. The number of nitrogens with zero attached hydrogens (tertiary/aromatic N) is 1. The molecule has 3 heteroatoms. The average molecular weight is 325 g/mol. The van der Waals surface area contributed by atoms with Gasteiger partial charge in [-0.1, -0.05) is 22.9 Å². The van der Waals surface area contributed by atoms with E-state index in [2.05, 4.69) is 59.9 Å². The van der Waals surface area contributed by atoms with Crippen LogP contribution in [0.1, 0.15) is 51.1 Å². The fourth-order valence-corrected chi connectivity index (χ4v) is 3.42. The van der Waals surface area contributed by atoms with Crippen molar-refractivity contribution in [2.24, 2.45) is 11.7 Å². The molecule has 1 atom stereocenters. The van der Waals surface area contributed by atoms with Gasteiger partial charge < -0.3 is 10.6 Å². The quantitative estimate of drug-likeness (QED) is 0.887. The molecule has 1 aliphatic rings. The summed E-state index contributed by atoms with van der Waals surface area (Å²) in [4.78, 5) is 2.44. The van der Waals surface area contributed by atoms with Crippen molar-refractivity contribution in [3.05, 3.63) is 28.2 Å². The second kappa shape index (κ2) is 6.27. The first-order chi connectivity index (χ1) is 8.99. The highest BCUT2D eigenvalue weighted by Gasteiger charge is 2.23. The fourth-order valence-electron chi connectivity index (χ4n) is 3.04. The van der Waals surface area contributed by atoms with E-state index in [4.69, 9.17) is 5.73 Å². The van der Waals surface area contributed by atoms with Crippen LogP contribution in [-0.2, 0) is 0 Å². The Kier molecular flexibility index (Phi) is 4.91. The summed E-state index contributed by atoms with van der Waals surface area (Å²) in [6, 6.07) is 7.19. The summed E-state index contributed by atoms with van der Waals surface area (Å²) in [6.07, 6.45) is 5.29. The maximum Gasteiger partial charge on any atom is 0.0415 e. The lowest BCUT2D eigenvalue weighted by molar-refractivity contribution is 0.340. The van der Waals surface area contributed by atoms with Crippen molar-refractivity contribution >= 4 is 21.6 Å². The zero-order valence-electron chi connectivity index (χ0n) is 12.2. The minimum Gasteiger partial charge on any atom is -0.371 e. The van der Waals surface area contributed by atoms with E-state index in [1.807, 2.05) is 0 Å². The Morgan fingerprint density at radius 1 is 1.26 bits per heavy atom. The molecule has 1 unspecified atom stereocenters. The SMILES string of the molecule is CC1CCC(N(C)c2ccc(Br)cc2C(C)N)CC1. The van der Waals surface area contributed by atoms with Crippen molar-refractivity contribution in [2.45, 2.75) is 51.6 Å². The molecule has 0 bridgehead atoms. The van der Waals surface area contributed by atoms with Crippen molar-refractivity contribution in [1.29, 1.82) is 0 Å². The summed E-state index contributed by atoms with van der Waals surface area (Å²) < 4.78 is 1.11. The number of halogens is 1. The smallest absolute Gasteiger partial charge is 0.0415 e. The first-order valence-corrected chi connectivity index (χ1v) is 8.06. The molecular formula is C16H25BrN2. The highest BCUT2D eigenvalue weighted by molar-refractivity contribution is 9.10. The van der Waals surface area contributed by atoms with Crippen LogP contribution < -0.4 is 10.6 Å². The summed E-state index contributed by atoms with van der Waals surface area (Å²) in [6.45, 7) is 4.42. The van der Waals surface area contributed by atoms with Crippen LogP contribution >= 0.6 is 15.9 Å². The van der Waals surface area contributed by atoms with Gasteiger partial charge in [0, 0.05) is 29.3 Å². The number of hydrogen-bond donors (Lipinski definition) is 1. The molecule has 1 fully saturated rings. The maximum atomic E-state index is 6.13. The van der Waals surface area contributed by atoms with Crippen LogP contribution in [-0.4, -0.2) is 13.1 Å². The minimum atomic E-state index is 0.0671. The molecule has 2 nitrogen and oxygen atoms in total. The Hall–Kier alpha value is -0.540. The van der Waals surface area contributed by atoms with E-state index in [9.17, 15) is 0 Å². The van der Waals surface area contributed by atoms with E-state index in [0.717, 1.165) is 10.4 Å². The van der Waals surface area contributed by atoms with E-state index < -0.39 is 0 Å². The van der Waals surface area contributed by atoms with Gasteiger partial charge in [-0.25, -0.2) is 0 Å². The highest BCUT2D eigenvalue weighted by Crippen LogP contribution is 2.33. The Labute approximate surface area is 125 Å². The van der Waals surface area contributed by atoms with Gasteiger partial charge in [-0.2, -0.15) is 0 Å². The molecule has 1 saturated carbocycles. The predicted molar refractivity (Wildman–Crippen MR) is 86.6 cm³/mol. The van der Waals surface area contributed by atoms with Gasteiger partial charge in [-0.3, -0.25) is 0 Å². The Bertz CT molecular complexity index is 423. The predicted octanol–water partition coefficient (Wildman–Crippen LogP) is 4.48. The Morgan fingerprint density at radius 2 is 1.89 bits per heavy atom. The van der Waals surface area contributed by atoms with Gasteiger partial charge in [0.25, 0.3) is 0 Å². The summed E-state index contributed by atoms with van der Waals surface area (Å²) in [7, 11) is 2.22. The van der Waals surface area contributed by atoms with E-state index in [1.54, 1.807) is 0 Å². The molecule has 0 spiro atoms. The second-order valence-electron chi connectivity index (χ2n) is 6.02. The third-order valence-electron chi connectivity index (χ3n) is 4.39. The maximum absolute atomic E-state index is 6.13. The van der Waals surface area contributed by atoms with Crippen LogP contribution in [0.3, 0.4) is 0 Å². The Morgan fingerprint density at radius 3 is 2.47 bits per heavy atom. The second-order valence-corrected chi connectivity index (χ2v) is 6.93. The molecule has 2 rings (SSSR count). The molecule has 2 N–H and O–H groups in total. The van der Waals surface area contributed by atoms with Crippen LogP contribution in [0.15, 0.2) is 22.7 Å². The number of anilines is 1. The van der Waals surface area contributed by atoms with Crippen molar-refractivity contribution in [2.75, 3.05) is 11.9 Å². The van der Waals surface area contributed by atoms with Crippen LogP contribution in [0.2, 0.25) is 0 Å². The van der Waals surface area contributed by atoms with Gasteiger partial charge in [0.1, 0.15) is 0 Å². The summed E-state index contributed by atoms with van der Waals surface area (Å²) >= 11 is 3.54. The molecule has 19 heavy (non-hydrogen) atoms. The molecule has 0 radical (unpaired) electrons. The van der Waals surface area contributed by atoms with Gasteiger partial charge >= 0.3 is 0 Å². The first kappa shape index (κ1) is 14.9. The molecule has 106 valence electrons. The van der Waals surface area contributed by atoms with Crippen molar-refractivity contribution in [1.82, 2.24) is 0 Å². The van der Waals surface area contributed by atoms with Gasteiger partial charge in [0.15, 0.2) is 0 Å². The van der Waals surface area contributed by atoms with Crippen LogP contribution in [0.5, 0.6) is 0 Å². The number of hydrogen-bond acceptors (Lipinski definition) is 2. The lowest BCUT2D eigenvalue weighted by Gasteiger charge is -2.36. The topological polar surface area (TPSA) is 29.3 Å². The first-order valence-electron chi connectivity index (χ1n) is 7.27. The lowest BCUT2D eigenvalue weighted by Crippen LogP contribution is -2.35. The molecule has 0 amide bonds. The third-order valence-corrected chi connectivity index (χ3v) is 4.89. The van der Waals surface area contributed by atoms with Gasteiger partial charge in [-0.15, -0.1) is 0 Å². The molecule has 0 aliphatic heterocycles.